The van der Waals surface area contributed by atoms with E-state index in [0.29, 0.717) is 25.4 Å². The molecule has 278 valence electrons. The van der Waals surface area contributed by atoms with Gasteiger partial charge in [-0.25, -0.2) is 9.78 Å². The summed E-state index contributed by atoms with van der Waals surface area (Å²) in [4.78, 5) is 55.7. The molecular weight excluding hydrogens is 812 g/mol. The average molecular weight is 859 g/mol. The molecule has 2 N–H and O–H groups in total. The summed E-state index contributed by atoms with van der Waals surface area (Å²) in [6.07, 6.45) is 18.3. The van der Waals surface area contributed by atoms with Crippen molar-refractivity contribution in [2.24, 2.45) is 11.8 Å². The number of imidazole rings is 1. The third-order valence-corrected chi connectivity index (χ3v) is 11.4. The van der Waals surface area contributed by atoms with Gasteiger partial charge in [-0.1, -0.05) is 27.5 Å². The monoisotopic (exact) mass is 856 g/mol. The number of alkyl carbamates (subject to hydrolysis) is 1. The molecule has 3 aliphatic rings. The molecule has 2 saturated heterocycles. The predicted octanol–water partition coefficient (Wildman–Crippen LogP) is 7.47. The lowest BCUT2D eigenvalue weighted by atomic mass is 9.76. The summed E-state index contributed by atoms with van der Waals surface area (Å²) >= 11 is 14.0. The van der Waals surface area contributed by atoms with Crippen LogP contribution >= 0.6 is 43.5 Å². The summed E-state index contributed by atoms with van der Waals surface area (Å²) in [6, 6.07) is 5.51. The number of piperidine rings is 2. The third-order valence-electron chi connectivity index (χ3n) is 10.1. The molecule has 4 heterocycles. The van der Waals surface area contributed by atoms with Crippen molar-refractivity contribution in [3.8, 4) is 12.8 Å². The fraction of sp³-hybridized carbons (Fsp3) is 0.513. The number of rotatable bonds is 7. The summed E-state index contributed by atoms with van der Waals surface area (Å²) < 4.78 is 7.45. The van der Waals surface area contributed by atoms with Crippen LogP contribution in [0.5, 0.6) is 0 Å². The van der Waals surface area contributed by atoms with Gasteiger partial charge >= 0.3 is 6.09 Å². The van der Waals surface area contributed by atoms with Gasteiger partial charge in [-0.2, -0.15) is 0 Å². The Morgan fingerprint density at radius 1 is 1.00 bits per heavy atom. The summed E-state index contributed by atoms with van der Waals surface area (Å²) in [5.74, 6) is 0.712. The normalized spacial score (nSPS) is 18.6. The van der Waals surface area contributed by atoms with E-state index in [0.717, 1.165) is 77.0 Å². The number of aromatic nitrogens is 3. The van der Waals surface area contributed by atoms with Crippen LogP contribution in [0.1, 0.15) is 86.9 Å². The van der Waals surface area contributed by atoms with Crippen molar-refractivity contribution in [3.05, 3.63) is 79.0 Å². The third kappa shape index (κ3) is 9.97. The van der Waals surface area contributed by atoms with Gasteiger partial charge in [-0.05, 0) is 122 Å². The number of H-pyrrole nitrogens is 1. The van der Waals surface area contributed by atoms with Gasteiger partial charge in [0.25, 0.3) is 0 Å². The fourth-order valence-electron chi connectivity index (χ4n) is 7.73. The second-order valence-electron chi connectivity index (χ2n) is 14.8. The topological polar surface area (TPSA) is 121 Å². The van der Waals surface area contributed by atoms with Gasteiger partial charge in [0.05, 0.1) is 12.0 Å². The Labute approximate surface area is 328 Å². The van der Waals surface area contributed by atoms with E-state index >= 15 is 0 Å². The molecule has 2 fully saturated rings. The molecule has 0 saturated carbocycles. The van der Waals surface area contributed by atoms with Gasteiger partial charge < -0.3 is 24.8 Å². The molecule has 13 heteroatoms. The van der Waals surface area contributed by atoms with E-state index in [4.69, 9.17) is 21.3 Å². The molecule has 0 bridgehead atoms. The molecule has 52 heavy (non-hydrogen) atoms. The number of aromatic amines is 1. The van der Waals surface area contributed by atoms with Gasteiger partial charge in [0, 0.05) is 77.0 Å². The van der Waals surface area contributed by atoms with Crippen LogP contribution in [0.25, 0.3) is 0 Å². The first kappa shape index (κ1) is 39.8. The first-order valence-electron chi connectivity index (χ1n) is 17.8. The van der Waals surface area contributed by atoms with E-state index in [-0.39, 0.29) is 30.1 Å². The summed E-state index contributed by atoms with van der Waals surface area (Å²) in [6.45, 7) is 7.87. The van der Waals surface area contributed by atoms with Crippen LogP contribution in [0.4, 0.5) is 4.79 Å². The lowest BCUT2D eigenvalue weighted by Crippen LogP contribution is -2.52. The highest BCUT2D eigenvalue weighted by molar-refractivity contribution is 9.10. The Morgan fingerprint density at radius 2 is 1.67 bits per heavy atom. The minimum Gasteiger partial charge on any atom is -0.444 e. The van der Waals surface area contributed by atoms with Crippen molar-refractivity contribution < 1.29 is 19.1 Å². The number of hydrogen-bond acceptors (Lipinski definition) is 6. The number of terminal acetylenes is 1. The van der Waals surface area contributed by atoms with Crippen LogP contribution < -0.4 is 5.32 Å². The largest absolute Gasteiger partial charge is 0.444 e. The summed E-state index contributed by atoms with van der Waals surface area (Å²) in [5, 5.41) is 3.50. The van der Waals surface area contributed by atoms with Gasteiger partial charge in [0.1, 0.15) is 11.6 Å². The van der Waals surface area contributed by atoms with Crippen LogP contribution in [0.15, 0.2) is 45.9 Å². The molecule has 3 amide bonds. The Bertz CT molecular complexity index is 1740. The number of amides is 3. The van der Waals surface area contributed by atoms with Crippen molar-refractivity contribution in [1.29, 1.82) is 0 Å². The van der Waals surface area contributed by atoms with Crippen LogP contribution in [0.2, 0.25) is 5.02 Å². The number of pyridine rings is 1. The quantitative estimate of drug-likeness (QED) is 0.238. The highest BCUT2D eigenvalue weighted by Crippen LogP contribution is 2.46. The minimum atomic E-state index is -0.786. The number of hydrogen-bond donors (Lipinski definition) is 2. The molecular formula is C39H47Br2ClN6O4. The molecule has 1 unspecified atom stereocenters. The molecule has 6 rings (SSSR count). The number of nitrogens with zero attached hydrogens (tertiary/aromatic N) is 4. The van der Waals surface area contributed by atoms with Crippen LogP contribution in [-0.4, -0.2) is 80.5 Å². The Hall–Kier alpha value is -3.40. The number of nitrogens with one attached hydrogen (secondary N) is 2. The molecule has 2 aliphatic heterocycles. The van der Waals surface area contributed by atoms with Crippen LogP contribution in [-0.2, 0) is 33.6 Å². The first-order chi connectivity index (χ1) is 24.8. The molecule has 0 spiro atoms. The fourth-order valence-corrected chi connectivity index (χ4v) is 9.23. The van der Waals surface area contributed by atoms with Gasteiger partial charge in [-0.3, -0.25) is 14.6 Å². The average Bonchev–Trinajstić information content (AvgIpc) is 3.56. The van der Waals surface area contributed by atoms with Crippen LogP contribution in [0, 0.1) is 24.7 Å². The molecule has 1 aliphatic carbocycles. The van der Waals surface area contributed by atoms with Crippen molar-refractivity contribution in [3.63, 3.8) is 0 Å². The van der Waals surface area contributed by atoms with E-state index in [9.17, 15) is 14.4 Å². The molecule has 2 atom stereocenters. The molecule has 3 aromatic rings. The lowest BCUT2D eigenvalue weighted by molar-refractivity contribution is -0.136. The van der Waals surface area contributed by atoms with E-state index < -0.39 is 17.7 Å². The molecule has 2 aromatic heterocycles. The zero-order valence-electron chi connectivity index (χ0n) is 30.0. The molecule has 1 aromatic carbocycles. The zero-order chi connectivity index (χ0) is 37.6. The van der Waals surface area contributed by atoms with E-state index in [2.05, 4.69) is 72.1 Å². The lowest BCUT2D eigenvalue weighted by Gasteiger charge is -2.38. The number of fused-ring (bicyclic) bond motifs is 2. The number of aryl methyl sites for hydroxylation is 2. The van der Waals surface area contributed by atoms with Crippen LogP contribution in [0.3, 0.4) is 0 Å². The van der Waals surface area contributed by atoms with Crippen molar-refractivity contribution in [2.75, 3.05) is 26.2 Å². The van der Waals surface area contributed by atoms with Gasteiger partial charge in [0.2, 0.25) is 11.8 Å². The van der Waals surface area contributed by atoms with Gasteiger partial charge in [-0.15, -0.1) is 12.8 Å². The number of benzene rings is 1. The number of carbonyl (C=O) groups is 3. The minimum absolute atomic E-state index is 0.128. The SMILES string of the molecule is C#C.CC(C)(C)OC(=O)N[C@@H](Cc1cnc[nH]1)C(=O)N1CCC(CC(=O)N2CCC(C3c4ncc(Br)cc4CCc4cc(Cl)cc(Br)c43)CC2)CC1. The number of halogens is 3. The highest BCUT2D eigenvalue weighted by atomic mass is 79.9. The van der Waals surface area contributed by atoms with Crippen molar-refractivity contribution >= 4 is 61.4 Å². The number of carbonyl (C=O) groups excluding carboxylic acids is 3. The van der Waals surface area contributed by atoms with Crippen molar-refractivity contribution in [1.82, 2.24) is 30.1 Å². The Morgan fingerprint density at radius 3 is 2.33 bits per heavy atom. The Balaban J connectivity index is 0.00000257. The van der Waals surface area contributed by atoms with Gasteiger partial charge in [0.15, 0.2) is 0 Å². The Kier molecular flexibility index (Phi) is 13.5. The standard InChI is InChI=1S/C37H45Br2ClN6O4.C2H2/c1-37(2,3)50-36(49)44-30(18-28-20-41-21-43-28)35(48)46-10-6-22(7-11-46)14-31(47)45-12-8-23(9-13-45)33-32-24(16-27(40)17-29(32)39)4-5-25-15-26(38)19-42-34(25)33;1-2/h15-17,19-23,30,33H,4-14,18H2,1-3H3,(H,41,43)(H,44,49);1-2H/t30-,33?;/m0./s1. The maximum absolute atomic E-state index is 13.6. The summed E-state index contributed by atoms with van der Waals surface area (Å²) in [5.41, 5.74) is 5.01. The molecule has 10 nitrogen and oxygen atoms in total. The van der Waals surface area contributed by atoms with Crippen molar-refractivity contribution in [2.45, 2.75) is 89.7 Å². The second-order valence-corrected chi connectivity index (χ2v) is 17.0. The number of ether oxygens (including phenoxy) is 1. The van der Waals surface area contributed by atoms with E-state index in [1.54, 1.807) is 38.2 Å². The van der Waals surface area contributed by atoms with E-state index in [1.807, 2.05) is 17.2 Å². The smallest absolute Gasteiger partial charge is 0.408 e. The number of likely N-dealkylation sites (tertiary alicyclic amines) is 2. The maximum atomic E-state index is 13.6. The second kappa shape index (κ2) is 17.6. The zero-order valence-corrected chi connectivity index (χ0v) is 33.9. The predicted molar refractivity (Wildman–Crippen MR) is 209 cm³/mol. The molecule has 0 radical (unpaired) electrons. The highest BCUT2D eigenvalue weighted by Gasteiger charge is 2.37. The van der Waals surface area contributed by atoms with E-state index in [1.165, 1.54) is 16.7 Å². The maximum Gasteiger partial charge on any atom is 0.408 e. The summed E-state index contributed by atoms with van der Waals surface area (Å²) in [7, 11) is 0. The first-order valence-corrected chi connectivity index (χ1v) is 19.8.